The molecule has 1 fully saturated rings. The Labute approximate surface area is 86.8 Å². The lowest BCUT2D eigenvalue weighted by Crippen LogP contribution is -2.16. The van der Waals surface area contributed by atoms with Crippen LogP contribution in [0.3, 0.4) is 0 Å². The first-order chi connectivity index (χ1) is 7.25. The van der Waals surface area contributed by atoms with Crippen molar-refractivity contribution in [3.63, 3.8) is 0 Å². The number of cyclic esters (lactones) is 1. The van der Waals surface area contributed by atoms with Gasteiger partial charge in [0.15, 0.2) is 0 Å². The van der Waals surface area contributed by atoms with E-state index in [2.05, 4.69) is 0 Å². The smallest absolute Gasteiger partial charge is 0.312 e. The molecule has 1 aliphatic rings. The standard InChI is InChI=1S/C11H11FO3/c12-9-1-3-10(4-2-9)15-7-8-5-6-14-11(8)13/h1-4,8H,5-7H2/t8-/m0/s1. The molecule has 1 heterocycles. The van der Waals surface area contributed by atoms with Crippen LogP contribution in [-0.2, 0) is 9.53 Å². The predicted molar refractivity (Wildman–Crippen MR) is 51.0 cm³/mol. The summed E-state index contributed by atoms with van der Waals surface area (Å²) >= 11 is 0. The number of hydrogen-bond donors (Lipinski definition) is 0. The van der Waals surface area contributed by atoms with Gasteiger partial charge in [0.1, 0.15) is 18.2 Å². The summed E-state index contributed by atoms with van der Waals surface area (Å²) in [5.74, 6) is -0.133. The van der Waals surface area contributed by atoms with Crippen LogP contribution in [0.1, 0.15) is 6.42 Å². The van der Waals surface area contributed by atoms with Crippen molar-refractivity contribution in [3.8, 4) is 5.75 Å². The van der Waals surface area contributed by atoms with E-state index in [0.717, 1.165) is 0 Å². The number of hydrogen-bond acceptors (Lipinski definition) is 3. The molecule has 3 nitrogen and oxygen atoms in total. The maximum Gasteiger partial charge on any atom is 0.312 e. The van der Waals surface area contributed by atoms with Crippen molar-refractivity contribution in [1.82, 2.24) is 0 Å². The Bertz CT molecular complexity index is 347. The Balaban J connectivity index is 1.87. The van der Waals surface area contributed by atoms with Gasteiger partial charge in [0, 0.05) is 0 Å². The second-order valence-electron chi connectivity index (χ2n) is 3.42. The molecular formula is C11H11FO3. The normalized spacial score (nSPS) is 20.1. The molecule has 1 saturated heterocycles. The molecule has 0 saturated carbocycles. The monoisotopic (exact) mass is 210 g/mol. The van der Waals surface area contributed by atoms with E-state index in [1.165, 1.54) is 24.3 Å². The van der Waals surface area contributed by atoms with E-state index in [1.807, 2.05) is 0 Å². The van der Waals surface area contributed by atoms with Crippen LogP contribution >= 0.6 is 0 Å². The largest absolute Gasteiger partial charge is 0.493 e. The zero-order valence-electron chi connectivity index (χ0n) is 8.11. The highest BCUT2D eigenvalue weighted by Crippen LogP contribution is 2.17. The molecule has 80 valence electrons. The predicted octanol–water partition coefficient (Wildman–Crippen LogP) is 1.77. The SMILES string of the molecule is O=C1OCC[C@H]1COc1ccc(F)cc1. The molecule has 1 aliphatic heterocycles. The van der Waals surface area contributed by atoms with Crippen molar-refractivity contribution in [3.05, 3.63) is 30.1 Å². The summed E-state index contributed by atoms with van der Waals surface area (Å²) in [5, 5.41) is 0. The van der Waals surface area contributed by atoms with Crippen LogP contribution in [0.4, 0.5) is 4.39 Å². The summed E-state index contributed by atoms with van der Waals surface area (Å²) in [6.07, 6.45) is 0.694. The second-order valence-corrected chi connectivity index (χ2v) is 3.42. The molecule has 2 rings (SSSR count). The quantitative estimate of drug-likeness (QED) is 0.713. The Morgan fingerprint density at radius 2 is 2.13 bits per heavy atom. The van der Waals surface area contributed by atoms with Crippen molar-refractivity contribution >= 4 is 5.97 Å². The summed E-state index contributed by atoms with van der Waals surface area (Å²) in [4.78, 5) is 11.1. The van der Waals surface area contributed by atoms with Crippen molar-refractivity contribution < 1.29 is 18.7 Å². The molecule has 1 aromatic carbocycles. The number of esters is 1. The van der Waals surface area contributed by atoms with E-state index in [1.54, 1.807) is 0 Å². The Morgan fingerprint density at radius 1 is 1.40 bits per heavy atom. The maximum absolute atomic E-state index is 12.6. The third kappa shape index (κ3) is 2.46. The van der Waals surface area contributed by atoms with Crippen molar-refractivity contribution in [2.24, 2.45) is 5.92 Å². The minimum Gasteiger partial charge on any atom is -0.493 e. The minimum atomic E-state index is -0.303. The van der Waals surface area contributed by atoms with Crippen molar-refractivity contribution in [2.75, 3.05) is 13.2 Å². The molecule has 0 aliphatic carbocycles. The van der Waals surface area contributed by atoms with Crippen LogP contribution in [0.15, 0.2) is 24.3 Å². The molecule has 0 spiro atoms. The van der Waals surface area contributed by atoms with E-state index >= 15 is 0 Å². The first kappa shape index (κ1) is 9.96. The lowest BCUT2D eigenvalue weighted by molar-refractivity contribution is -0.141. The van der Waals surface area contributed by atoms with Gasteiger partial charge in [0.2, 0.25) is 0 Å². The fourth-order valence-electron chi connectivity index (χ4n) is 1.42. The number of ether oxygens (including phenoxy) is 2. The molecule has 0 amide bonds. The van der Waals surface area contributed by atoms with Gasteiger partial charge in [-0.1, -0.05) is 0 Å². The van der Waals surface area contributed by atoms with Crippen LogP contribution in [0.5, 0.6) is 5.75 Å². The van der Waals surface area contributed by atoms with E-state index in [-0.39, 0.29) is 17.7 Å². The van der Waals surface area contributed by atoms with Crippen LogP contribution < -0.4 is 4.74 Å². The second kappa shape index (κ2) is 4.29. The number of benzene rings is 1. The van der Waals surface area contributed by atoms with Crippen LogP contribution in [-0.4, -0.2) is 19.2 Å². The summed E-state index contributed by atoms with van der Waals surface area (Å²) in [5.41, 5.74) is 0. The number of rotatable bonds is 3. The molecule has 15 heavy (non-hydrogen) atoms. The number of halogens is 1. The summed E-state index contributed by atoms with van der Waals surface area (Å²) < 4.78 is 22.7. The Hall–Kier alpha value is -1.58. The van der Waals surface area contributed by atoms with Crippen LogP contribution in [0, 0.1) is 11.7 Å². The summed E-state index contributed by atoms with van der Waals surface area (Å²) in [7, 11) is 0. The maximum atomic E-state index is 12.6. The van der Waals surface area contributed by atoms with Crippen LogP contribution in [0.25, 0.3) is 0 Å². The molecule has 0 radical (unpaired) electrons. The number of carbonyl (C=O) groups excluding carboxylic acids is 1. The topological polar surface area (TPSA) is 35.5 Å². The molecule has 1 aromatic rings. The van der Waals surface area contributed by atoms with Gasteiger partial charge >= 0.3 is 5.97 Å². The molecule has 0 bridgehead atoms. The van der Waals surface area contributed by atoms with Gasteiger partial charge in [0.05, 0.1) is 12.5 Å². The van der Waals surface area contributed by atoms with Gasteiger partial charge in [-0.25, -0.2) is 4.39 Å². The summed E-state index contributed by atoms with van der Waals surface area (Å²) in [6, 6.07) is 5.72. The molecule has 4 heteroatoms. The van der Waals surface area contributed by atoms with Crippen molar-refractivity contribution in [2.45, 2.75) is 6.42 Å². The van der Waals surface area contributed by atoms with E-state index in [9.17, 15) is 9.18 Å². The van der Waals surface area contributed by atoms with E-state index < -0.39 is 0 Å². The average molecular weight is 210 g/mol. The minimum absolute atomic E-state index is 0.185. The average Bonchev–Trinajstić information content (AvgIpc) is 2.63. The van der Waals surface area contributed by atoms with Crippen molar-refractivity contribution in [1.29, 1.82) is 0 Å². The molecule has 0 unspecified atom stereocenters. The lowest BCUT2D eigenvalue weighted by Gasteiger charge is -2.08. The fraction of sp³-hybridized carbons (Fsp3) is 0.364. The molecular weight excluding hydrogens is 199 g/mol. The highest BCUT2D eigenvalue weighted by molar-refractivity contribution is 5.74. The molecule has 0 aromatic heterocycles. The third-order valence-corrected chi connectivity index (χ3v) is 2.31. The first-order valence-electron chi connectivity index (χ1n) is 4.81. The van der Waals surface area contributed by atoms with Gasteiger partial charge < -0.3 is 9.47 Å². The van der Waals surface area contributed by atoms with Gasteiger partial charge in [-0.2, -0.15) is 0 Å². The Kier molecular flexibility index (Phi) is 2.85. The highest BCUT2D eigenvalue weighted by Gasteiger charge is 2.26. The fourth-order valence-corrected chi connectivity index (χ4v) is 1.42. The zero-order valence-corrected chi connectivity index (χ0v) is 8.11. The lowest BCUT2D eigenvalue weighted by atomic mass is 10.1. The van der Waals surface area contributed by atoms with E-state index in [0.29, 0.717) is 25.4 Å². The zero-order chi connectivity index (χ0) is 10.7. The summed E-state index contributed by atoms with van der Waals surface area (Å²) in [6.45, 7) is 0.765. The first-order valence-corrected chi connectivity index (χ1v) is 4.81. The highest BCUT2D eigenvalue weighted by atomic mass is 19.1. The van der Waals surface area contributed by atoms with Crippen LogP contribution in [0.2, 0.25) is 0 Å². The Morgan fingerprint density at radius 3 is 2.73 bits per heavy atom. The molecule has 1 atom stereocenters. The van der Waals surface area contributed by atoms with Gasteiger partial charge in [-0.3, -0.25) is 4.79 Å². The third-order valence-electron chi connectivity index (χ3n) is 2.31. The van der Waals surface area contributed by atoms with Gasteiger partial charge in [-0.05, 0) is 30.7 Å². The van der Waals surface area contributed by atoms with Gasteiger partial charge in [0.25, 0.3) is 0 Å². The van der Waals surface area contributed by atoms with E-state index in [4.69, 9.17) is 9.47 Å². The number of carbonyl (C=O) groups is 1. The molecule has 0 N–H and O–H groups in total. The van der Waals surface area contributed by atoms with Gasteiger partial charge in [-0.15, -0.1) is 0 Å².